The van der Waals surface area contributed by atoms with Crippen LogP contribution >= 0.6 is 0 Å². The van der Waals surface area contributed by atoms with Gasteiger partial charge in [-0.25, -0.2) is 4.79 Å². The average molecular weight is 395 g/mol. The molecular formula is C22H25N3O4. The van der Waals surface area contributed by atoms with E-state index in [0.29, 0.717) is 6.42 Å². The highest BCUT2D eigenvalue weighted by Crippen LogP contribution is 2.47. The van der Waals surface area contributed by atoms with Crippen LogP contribution in [0.2, 0.25) is 0 Å². The van der Waals surface area contributed by atoms with Crippen molar-refractivity contribution in [2.45, 2.75) is 19.1 Å². The molecule has 1 aliphatic rings. The topological polar surface area (TPSA) is 96.5 Å². The van der Waals surface area contributed by atoms with E-state index in [0.717, 1.165) is 11.1 Å². The molecule has 0 aliphatic heterocycles. The van der Waals surface area contributed by atoms with Crippen molar-refractivity contribution in [3.8, 4) is 0 Å². The summed E-state index contributed by atoms with van der Waals surface area (Å²) in [6.07, 6.45) is 0.0569. The third kappa shape index (κ3) is 5.81. The molecule has 0 unspecified atom stereocenters. The monoisotopic (exact) mass is 395 g/mol. The summed E-state index contributed by atoms with van der Waals surface area (Å²) in [5.41, 5.74) is 1.80. The van der Waals surface area contributed by atoms with Crippen LogP contribution in [0.25, 0.3) is 0 Å². The van der Waals surface area contributed by atoms with Crippen LogP contribution < -0.4 is 16.0 Å². The summed E-state index contributed by atoms with van der Waals surface area (Å²) in [6, 6.07) is 18.5. The molecule has 0 aromatic heterocycles. The number of carbonyl (C=O) groups excluding carboxylic acids is 3. The number of hydrogen-bond donors (Lipinski definition) is 3. The van der Waals surface area contributed by atoms with Gasteiger partial charge in [0, 0.05) is 13.0 Å². The maximum atomic E-state index is 12.4. The molecule has 7 nitrogen and oxygen atoms in total. The first kappa shape index (κ1) is 20.4. The SMILES string of the molecule is CNC(=O)[C@@H]1C[C@@H]1[C@@H](NC(=O)CNC(=O)OCc1ccccc1)c1ccccc1. The Balaban J connectivity index is 1.51. The molecule has 0 saturated heterocycles. The number of hydrogen-bond acceptors (Lipinski definition) is 4. The standard InChI is InChI=1S/C22H25N3O4/c1-23-21(27)18-12-17(18)20(16-10-6-3-7-11-16)25-19(26)13-24-22(28)29-14-15-8-4-2-5-9-15/h2-11,17-18,20H,12-14H2,1H3,(H,23,27)(H,24,28)(H,25,26)/t17-,18+,20-/m0/s1. The van der Waals surface area contributed by atoms with Crippen LogP contribution in [-0.4, -0.2) is 31.5 Å². The fourth-order valence-corrected chi connectivity index (χ4v) is 3.32. The number of rotatable bonds is 8. The van der Waals surface area contributed by atoms with Crippen molar-refractivity contribution in [2.24, 2.45) is 11.8 Å². The second kappa shape index (κ2) is 9.73. The van der Waals surface area contributed by atoms with Gasteiger partial charge >= 0.3 is 6.09 Å². The fourth-order valence-electron chi connectivity index (χ4n) is 3.32. The number of carbonyl (C=O) groups is 3. The Labute approximate surface area is 169 Å². The van der Waals surface area contributed by atoms with Crippen LogP contribution in [-0.2, 0) is 20.9 Å². The summed E-state index contributed by atoms with van der Waals surface area (Å²) in [5.74, 6) is -0.438. The van der Waals surface area contributed by atoms with Crippen LogP contribution in [0.5, 0.6) is 0 Å². The van der Waals surface area contributed by atoms with Crippen molar-refractivity contribution in [3.05, 3.63) is 71.8 Å². The summed E-state index contributed by atoms with van der Waals surface area (Å²) in [6.45, 7) is -0.0644. The van der Waals surface area contributed by atoms with Crippen molar-refractivity contribution in [1.82, 2.24) is 16.0 Å². The number of nitrogens with one attached hydrogen (secondary N) is 3. The van der Waals surface area contributed by atoms with Crippen molar-refractivity contribution >= 4 is 17.9 Å². The third-order valence-electron chi connectivity index (χ3n) is 4.93. The predicted molar refractivity (Wildman–Crippen MR) is 108 cm³/mol. The van der Waals surface area contributed by atoms with Crippen LogP contribution in [0, 0.1) is 11.8 Å². The van der Waals surface area contributed by atoms with Gasteiger partial charge in [-0.15, -0.1) is 0 Å². The predicted octanol–water partition coefficient (Wildman–Crippen LogP) is 2.15. The lowest BCUT2D eigenvalue weighted by Crippen LogP contribution is -2.40. The van der Waals surface area contributed by atoms with E-state index in [-0.39, 0.29) is 42.8 Å². The molecule has 1 aliphatic carbocycles. The number of amides is 3. The summed E-state index contributed by atoms with van der Waals surface area (Å²) in [7, 11) is 1.61. The first-order chi connectivity index (χ1) is 14.1. The second-order valence-electron chi connectivity index (χ2n) is 6.99. The summed E-state index contributed by atoms with van der Waals surface area (Å²) in [5, 5.41) is 8.06. The van der Waals surface area contributed by atoms with E-state index < -0.39 is 6.09 Å². The van der Waals surface area contributed by atoms with Crippen molar-refractivity contribution in [1.29, 1.82) is 0 Å². The van der Waals surface area contributed by atoms with Gasteiger partial charge < -0.3 is 20.7 Å². The zero-order chi connectivity index (χ0) is 20.6. The minimum absolute atomic E-state index is 0.0206. The number of ether oxygens (including phenoxy) is 1. The minimum Gasteiger partial charge on any atom is -0.445 e. The van der Waals surface area contributed by atoms with E-state index in [1.54, 1.807) is 7.05 Å². The second-order valence-corrected chi connectivity index (χ2v) is 6.99. The Kier molecular flexibility index (Phi) is 6.84. The molecule has 3 rings (SSSR count). The van der Waals surface area contributed by atoms with E-state index in [9.17, 15) is 14.4 Å². The molecule has 2 aromatic rings. The van der Waals surface area contributed by atoms with Crippen molar-refractivity contribution in [2.75, 3.05) is 13.6 Å². The van der Waals surface area contributed by atoms with Crippen LogP contribution in [0.4, 0.5) is 4.79 Å². The maximum absolute atomic E-state index is 12.4. The molecule has 29 heavy (non-hydrogen) atoms. The maximum Gasteiger partial charge on any atom is 0.407 e. The van der Waals surface area contributed by atoms with Crippen LogP contribution in [0.3, 0.4) is 0 Å². The normalized spacial score (nSPS) is 18.2. The largest absolute Gasteiger partial charge is 0.445 e. The summed E-state index contributed by atoms with van der Waals surface area (Å²) in [4.78, 5) is 36.2. The lowest BCUT2D eigenvalue weighted by Gasteiger charge is -2.20. The van der Waals surface area contributed by atoms with E-state index in [1.807, 2.05) is 60.7 Å². The Hall–Kier alpha value is -3.35. The van der Waals surface area contributed by atoms with E-state index in [4.69, 9.17) is 4.74 Å². The molecule has 0 radical (unpaired) electrons. The quantitative estimate of drug-likeness (QED) is 0.638. The van der Waals surface area contributed by atoms with Gasteiger partial charge in [-0.05, 0) is 23.5 Å². The van der Waals surface area contributed by atoms with Gasteiger partial charge in [0.2, 0.25) is 11.8 Å². The van der Waals surface area contributed by atoms with E-state index in [2.05, 4.69) is 16.0 Å². The molecule has 3 atom stereocenters. The fraction of sp³-hybridized carbons (Fsp3) is 0.318. The Morgan fingerprint density at radius 3 is 2.34 bits per heavy atom. The van der Waals surface area contributed by atoms with Gasteiger partial charge in [0.1, 0.15) is 13.2 Å². The molecule has 0 bridgehead atoms. The zero-order valence-corrected chi connectivity index (χ0v) is 16.3. The van der Waals surface area contributed by atoms with E-state index in [1.165, 1.54) is 0 Å². The molecule has 3 amide bonds. The lowest BCUT2D eigenvalue weighted by molar-refractivity contribution is -0.123. The number of alkyl carbamates (subject to hydrolysis) is 1. The summed E-state index contributed by atoms with van der Waals surface area (Å²) >= 11 is 0. The molecular weight excluding hydrogens is 370 g/mol. The molecule has 152 valence electrons. The molecule has 0 spiro atoms. The van der Waals surface area contributed by atoms with Gasteiger partial charge in [0.05, 0.1) is 6.04 Å². The molecule has 7 heteroatoms. The lowest BCUT2D eigenvalue weighted by atomic mass is 10.0. The van der Waals surface area contributed by atoms with Gasteiger partial charge in [-0.2, -0.15) is 0 Å². The highest BCUT2D eigenvalue weighted by atomic mass is 16.5. The Bertz CT molecular complexity index is 842. The Morgan fingerprint density at radius 1 is 1.03 bits per heavy atom. The Morgan fingerprint density at radius 2 is 1.69 bits per heavy atom. The van der Waals surface area contributed by atoms with Crippen LogP contribution in [0.15, 0.2) is 60.7 Å². The third-order valence-corrected chi connectivity index (χ3v) is 4.93. The first-order valence-electron chi connectivity index (χ1n) is 9.59. The smallest absolute Gasteiger partial charge is 0.407 e. The van der Waals surface area contributed by atoms with Gasteiger partial charge in [0.15, 0.2) is 0 Å². The zero-order valence-electron chi connectivity index (χ0n) is 16.3. The highest BCUT2D eigenvalue weighted by molar-refractivity contribution is 5.84. The molecule has 1 fully saturated rings. The molecule has 2 aromatic carbocycles. The van der Waals surface area contributed by atoms with Crippen molar-refractivity contribution < 1.29 is 19.1 Å². The highest BCUT2D eigenvalue weighted by Gasteiger charge is 2.48. The van der Waals surface area contributed by atoms with Crippen LogP contribution in [0.1, 0.15) is 23.6 Å². The van der Waals surface area contributed by atoms with Gasteiger partial charge in [-0.3, -0.25) is 9.59 Å². The average Bonchev–Trinajstić information content (AvgIpc) is 3.56. The molecule has 1 saturated carbocycles. The van der Waals surface area contributed by atoms with Gasteiger partial charge in [-0.1, -0.05) is 60.7 Å². The summed E-state index contributed by atoms with van der Waals surface area (Å²) < 4.78 is 5.11. The first-order valence-corrected chi connectivity index (χ1v) is 9.59. The molecule has 0 heterocycles. The van der Waals surface area contributed by atoms with Crippen molar-refractivity contribution in [3.63, 3.8) is 0 Å². The van der Waals surface area contributed by atoms with E-state index >= 15 is 0 Å². The van der Waals surface area contributed by atoms with Gasteiger partial charge in [0.25, 0.3) is 0 Å². The molecule has 3 N–H and O–H groups in total. The number of benzene rings is 2. The minimum atomic E-state index is -0.657.